The van der Waals surface area contributed by atoms with Crippen LogP contribution in [0.3, 0.4) is 0 Å². The molecule has 4 nitrogen and oxygen atoms in total. The second kappa shape index (κ2) is 6.38. The van der Waals surface area contributed by atoms with Crippen molar-refractivity contribution in [2.24, 2.45) is 12.1 Å². The zero-order valence-electron chi connectivity index (χ0n) is 12.9. The minimum atomic E-state index is -0.230. The van der Waals surface area contributed by atoms with E-state index in [0.29, 0.717) is 5.56 Å². The van der Waals surface area contributed by atoms with Gasteiger partial charge in [0.15, 0.2) is 0 Å². The SMILES string of the molecule is Cc1c(/C=N/NC(=O)c2ccc(Br)cc2)c2ccccc2n1C. The number of para-hydroxylation sites is 1. The number of hydrazone groups is 1. The Morgan fingerprint density at radius 2 is 1.87 bits per heavy atom. The molecule has 0 saturated heterocycles. The number of nitrogens with zero attached hydrogens (tertiary/aromatic N) is 2. The molecule has 0 radical (unpaired) electrons. The molecular weight excluding hydrogens is 354 g/mol. The van der Waals surface area contributed by atoms with Gasteiger partial charge in [0.2, 0.25) is 0 Å². The number of aromatic nitrogens is 1. The molecule has 3 aromatic rings. The number of rotatable bonds is 3. The Balaban J connectivity index is 1.82. The van der Waals surface area contributed by atoms with Gasteiger partial charge in [-0.1, -0.05) is 34.1 Å². The summed E-state index contributed by atoms with van der Waals surface area (Å²) >= 11 is 3.35. The van der Waals surface area contributed by atoms with Crippen LogP contribution in [-0.4, -0.2) is 16.7 Å². The fourth-order valence-corrected chi connectivity index (χ4v) is 2.80. The summed E-state index contributed by atoms with van der Waals surface area (Å²) in [7, 11) is 2.02. The van der Waals surface area contributed by atoms with Crippen molar-refractivity contribution in [2.75, 3.05) is 0 Å². The lowest BCUT2D eigenvalue weighted by Crippen LogP contribution is -2.17. The predicted octanol–water partition coefficient (Wildman–Crippen LogP) is 4.01. The van der Waals surface area contributed by atoms with Crippen LogP contribution in [0.2, 0.25) is 0 Å². The van der Waals surface area contributed by atoms with Crippen LogP contribution in [-0.2, 0) is 7.05 Å². The van der Waals surface area contributed by atoms with Crippen molar-refractivity contribution in [1.29, 1.82) is 0 Å². The maximum absolute atomic E-state index is 12.1. The Hall–Kier alpha value is -2.40. The Bertz CT molecular complexity index is 895. The molecule has 2 aromatic carbocycles. The maximum atomic E-state index is 12.1. The van der Waals surface area contributed by atoms with E-state index >= 15 is 0 Å². The van der Waals surface area contributed by atoms with Crippen LogP contribution in [0.25, 0.3) is 10.9 Å². The van der Waals surface area contributed by atoms with Crippen molar-refractivity contribution in [2.45, 2.75) is 6.92 Å². The number of nitrogens with one attached hydrogen (secondary N) is 1. The van der Waals surface area contributed by atoms with E-state index in [2.05, 4.69) is 43.2 Å². The zero-order chi connectivity index (χ0) is 16.4. The van der Waals surface area contributed by atoms with Crippen molar-refractivity contribution in [3.63, 3.8) is 0 Å². The highest BCUT2D eigenvalue weighted by Gasteiger charge is 2.09. The van der Waals surface area contributed by atoms with Gasteiger partial charge in [-0.05, 0) is 37.3 Å². The highest BCUT2D eigenvalue weighted by molar-refractivity contribution is 9.10. The Labute approximate surface area is 142 Å². The molecule has 23 heavy (non-hydrogen) atoms. The second-order valence-corrected chi connectivity index (χ2v) is 6.20. The van der Waals surface area contributed by atoms with Crippen LogP contribution in [0.4, 0.5) is 0 Å². The summed E-state index contributed by atoms with van der Waals surface area (Å²) in [4.78, 5) is 12.1. The molecule has 116 valence electrons. The zero-order valence-corrected chi connectivity index (χ0v) is 14.5. The van der Waals surface area contributed by atoms with Crippen LogP contribution in [0.5, 0.6) is 0 Å². The van der Waals surface area contributed by atoms with Crippen molar-refractivity contribution in [3.05, 3.63) is 69.8 Å². The molecule has 0 unspecified atom stereocenters. The molecule has 0 atom stereocenters. The number of fused-ring (bicyclic) bond motifs is 1. The molecular formula is C18H16BrN3O. The smallest absolute Gasteiger partial charge is 0.271 e. The molecule has 1 heterocycles. The summed E-state index contributed by atoms with van der Waals surface area (Å²) in [6, 6.07) is 15.3. The second-order valence-electron chi connectivity index (χ2n) is 5.28. The van der Waals surface area contributed by atoms with E-state index in [1.54, 1.807) is 18.3 Å². The number of aryl methyl sites for hydroxylation is 1. The summed E-state index contributed by atoms with van der Waals surface area (Å²) in [5.74, 6) is -0.230. The molecule has 1 amide bonds. The number of amides is 1. The Morgan fingerprint density at radius 3 is 2.61 bits per heavy atom. The number of benzene rings is 2. The molecule has 5 heteroatoms. The van der Waals surface area contributed by atoms with E-state index in [-0.39, 0.29) is 5.91 Å². The first-order valence-corrected chi connectivity index (χ1v) is 8.00. The van der Waals surface area contributed by atoms with E-state index in [4.69, 9.17) is 0 Å². The largest absolute Gasteiger partial charge is 0.347 e. The van der Waals surface area contributed by atoms with Crippen molar-refractivity contribution in [1.82, 2.24) is 9.99 Å². The minimum absolute atomic E-state index is 0.230. The quantitative estimate of drug-likeness (QED) is 0.550. The summed E-state index contributed by atoms with van der Waals surface area (Å²) in [5.41, 5.74) is 6.41. The summed E-state index contributed by atoms with van der Waals surface area (Å²) in [6.07, 6.45) is 1.70. The van der Waals surface area contributed by atoms with Gasteiger partial charge in [-0.25, -0.2) is 5.43 Å². The molecule has 0 spiro atoms. The first kappa shape index (κ1) is 15.5. The van der Waals surface area contributed by atoms with Crippen molar-refractivity contribution < 1.29 is 4.79 Å². The van der Waals surface area contributed by atoms with Crippen LogP contribution >= 0.6 is 15.9 Å². The Morgan fingerprint density at radius 1 is 1.17 bits per heavy atom. The topological polar surface area (TPSA) is 46.4 Å². The molecule has 0 aliphatic carbocycles. The highest BCUT2D eigenvalue weighted by atomic mass is 79.9. The summed E-state index contributed by atoms with van der Waals surface area (Å²) in [5, 5.41) is 5.23. The highest BCUT2D eigenvalue weighted by Crippen LogP contribution is 2.22. The fourth-order valence-electron chi connectivity index (χ4n) is 2.53. The van der Waals surface area contributed by atoms with Crippen molar-refractivity contribution >= 4 is 39.0 Å². The van der Waals surface area contributed by atoms with Gasteiger partial charge < -0.3 is 4.57 Å². The van der Waals surface area contributed by atoms with E-state index in [0.717, 1.165) is 26.6 Å². The van der Waals surface area contributed by atoms with Crippen molar-refractivity contribution in [3.8, 4) is 0 Å². The van der Waals surface area contributed by atoms with Gasteiger partial charge in [0, 0.05) is 39.2 Å². The lowest BCUT2D eigenvalue weighted by Gasteiger charge is -2.00. The maximum Gasteiger partial charge on any atom is 0.271 e. The van der Waals surface area contributed by atoms with Gasteiger partial charge in [-0.15, -0.1) is 0 Å². The van der Waals surface area contributed by atoms with Gasteiger partial charge in [0.25, 0.3) is 5.91 Å². The van der Waals surface area contributed by atoms with Gasteiger partial charge in [0.05, 0.1) is 6.21 Å². The molecule has 0 aliphatic rings. The van der Waals surface area contributed by atoms with Gasteiger partial charge >= 0.3 is 0 Å². The van der Waals surface area contributed by atoms with Crippen LogP contribution in [0, 0.1) is 6.92 Å². The molecule has 1 aromatic heterocycles. The van der Waals surface area contributed by atoms with Crippen LogP contribution in [0.15, 0.2) is 58.1 Å². The molecule has 1 N–H and O–H groups in total. The molecule has 0 aliphatic heterocycles. The summed E-state index contributed by atoms with van der Waals surface area (Å²) in [6.45, 7) is 2.04. The number of halogens is 1. The average molecular weight is 370 g/mol. The Kier molecular flexibility index (Phi) is 4.30. The monoisotopic (exact) mass is 369 g/mol. The third-order valence-corrected chi connectivity index (χ3v) is 4.44. The first-order valence-electron chi connectivity index (χ1n) is 7.21. The standard InChI is InChI=1S/C18H16BrN3O/c1-12-16(15-5-3-4-6-17(15)22(12)2)11-20-21-18(23)13-7-9-14(19)10-8-13/h3-11H,1-2H3,(H,21,23)/b20-11+. The minimum Gasteiger partial charge on any atom is -0.347 e. The molecule has 0 bridgehead atoms. The van der Waals surface area contributed by atoms with Crippen LogP contribution < -0.4 is 5.43 Å². The van der Waals surface area contributed by atoms with E-state index in [1.807, 2.05) is 38.2 Å². The average Bonchev–Trinajstić information content (AvgIpc) is 2.81. The van der Waals surface area contributed by atoms with Gasteiger partial charge in [0.1, 0.15) is 0 Å². The van der Waals surface area contributed by atoms with Gasteiger partial charge in [-0.3, -0.25) is 4.79 Å². The lowest BCUT2D eigenvalue weighted by atomic mass is 10.1. The number of carbonyl (C=O) groups excluding carboxylic acids is 1. The first-order chi connectivity index (χ1) is 11.1. The fraction of sp³-hybridized carbons (Fsp3) is 0.111. The number of hydrogen-bond donors (Lipinski definition) is 1. The molecule has 3 rings (SSSR count). The number of carbonyl (C=O) groups is 1. The van der Waals surface area contributed by atoms with E-state index in [9.17, 15) is 4.79 Å². The number of hydrogen-bond acceptors (Lipinski definition) is 2. The normalized spacial score (nSPS) is 11.3. The third kappa shape index (κ3) is 3.05. The lowest BCUT2D eigenvalue weighted by molar-refractivity contribution is 0.0955. The molecule has 0 fully saturated rings. The molecule has 0 saturated carbocycles. The summed E-state index contributed by atoms with van der Waals surface area (Å²) < 4.78 is 3.05. The predicted molar refractivity (Wildman–Crippen MR) is 96.9 cm³/mol. The van der Waals surface area contributed by atoms with E-state index < -0.39 is 0 Å². The van der Waals surface area contributed by atoms with Crippen LogP contribution in [0.1, 0.15) is 21.6 Å². The third-order valence-electron chi connectivity index (χ3n) is 3.91. The van der Waals surface area contributed by atoms with E-state index in [1.165, 1.54) is 0 Å². The van der Waals surface area contributed by atoms with Gasteiger partial charge in [-0.2, -0.15) is 5.10 Å².